The van der Waals surface area contributed by atoms with Crippen molar-refractivity contribution in [3.05, 3.63) is 29.2 Å². The molecule has 0 aliphatic carbocycles. The lowest BCUT2D eigenvalue weighted by atomic mass is 9.93. The SMILES string of the molecule is CCC(N)(CC)c1noc(-c2ccc(Cl)cn2)n1. The number of nitrogens with two attached hydrogens (primary N) is 1. The predicted octanol–water partition coefficient (Wildman–Crippen LogP) is 2.76. The Morgan fingerprint density at radius 3 is 2.61 bits per heavy atom. The highest BCUT2D eigenvalue weighted by molar-refractivity contribution is 6.30. The van der Waals surface area contributed by atoms with Gasteiger partial charge < -0.3 is 10.3 Å². The second-order valence-corrected chi connectivity index (χ2v) is 4.58. The third-order valence-corrected chi connectivity index (χ3v) is 3.30. The van der Waals surface area contributed by atoms with E-state index < -0.39 is 5.54 Å². The van der Waals surface area contributed by atoms with Gasteiger partial charge in [0.1, 0.15) is 5.69 Å². The summed E-state index contributed by atoms with van der Waals surface area (Å²) in [4.78, 5) is 8.44. The van der Waals surface area contributed by atoms with Gasteiger partial charge in [-0.05, 0) is 25.0 Å². The summed E-state index contributed by atoms with van der Waals surface area (Å²) in [6, 6.07) is 3.46. The molecule has 0 spiro atoms. The molecule has 0 aliphatic rings. The van der Waals surface area contributed by atoms with Gasteiger partial charge in [0.2, 0.25) is 0 Å². The van der Waals surface area contributed by atoms with Crippen molar-refractivity contribution in [2.24, 2.45) is 5.73 Å². The quantitative estimate of drug-likeness (QED) is 0.921. The van der Waals surface area contributed by atoms with Crippen LogP contribution in [-0.4, -0.2) is 15.1 Å². The van der Waals surface area contributed by atoms with E-state index in [9.17, 15) is 0 Å². The van der Waals surface area contributed by atoms with E-state index >= 15 is 0 Å². The Kier molecular flexibility index (Phi) is 3.63. The van der Waals surface area contributed by atoms with Gasteiger partial charge >= 0.3 is 0 Å². The fourth-order valence-corrected chi connectivity index (χ4v) is 1.71. The van der Waals surface area contributed by atoms with E-state index in [-0.39, 0.29) is 0 Å². The van der Waals surface area contributed by atoms with Gasteiger partial charge in [0.25, 0.3) is 5.89 Å². The maximum absolute atomic E-state index is 6.21. The molecule has 2 rings (SSSR count). The van der Waals surface area contributed by atoms with Crippen LogP contribution in [0.1, 0.15) is 32.5 Å². The Balaban J connectivity index is 2.33. The molecule has 0 atom stereocenters. The van der Waals surface area contributed by atoms with Gasteiger partial charge in [0.15, 0.2) is 5.82 Å². The summed E-state index contributed by atoms with van der Waals surface area (Å²) in [6.45, 7) is 4.00. The number of aromatic nitrogens is 3. The van der Waals surface area contributed by atoms with Gasteiger partial charge in [-0.25, -0.2) is 4.98 Å². The first-order chi connectivity index (χ1) is 8.59. The molecular weight excluding hydrogens is 252 g/mol. The number of rotatable bonds is 4. The highest BCUT2D eigenvalue weighted by Gasteiger charge is 2.29. The zero-order valence-corrected chi connectivity index (χ0v) is 11.1. The summed E-state index contributed by atoms with van der Waals surface area (Å²) in [6.07, 6.45) is 3.03. The summed E-state index contributed by atoms with van der Waals surface area (Å²) in [7, 11) is 0. The van der Waals surface area contributed by atoms with Crippen LogP contribution in [0.5, 0.6) is 0 Å². The maximum atomic E-state index is 6.21. The minimum Gasteiger partial charge on any atom is -0.332 e. The lowest BCUT2D eigenvalue weighted by molar-refractivity contribution is 0.350. The summed E-state index contributed by atoms with van der Waals surface area (Å²) < 4.78 is 5.19. The molecule has 0 aromatic carbocycles. The van der Waals surface area contributed by atoms with Gasteiger partial charge in [0, 0.05) is 6.20 Å². The van der Waals surface area contributed by atoms with E-state index in [2.05, 4.69) is 15.1 Å². The number of halogens is 1. The van der Waals surface area contributed by atoms with E-state index in [4.69, 9.17) is 21.9 Å². The first-order valence-corrected chi connectivity index (χ1v) is 6.22. The number of hydrogen-bond acceptors (Lipinski definition) is 5. The van der Waals surface area contributed by atoms with Crippen molar-refractivity contribution in [1.29, 1.82) is 0 Å². The summed E-state index contributed by atoms with van der Waals surface area (Å²) in [5, 5.41) is 4.51. The molecule has 0 bridgehead atoms. The Labute approximate surface area is 110 Å². The van der Waals surface area contributed by atoms with Crippen LogP contribution in [0.4, 0.5) is 0 Å². The molecule has 2 N–H and O–H groups in total. The molecule has 96 valence electrons. The summed E-state index contributed by atoms with van der Waals surface area (Å²) in [5.74, 6) is 0.873. The van der Waals surface area contributed by atoms with Crippen LogP contribution in [-0.2, 0) is 5.54 Å². The van der Waals surface area contributed by atoms with Crippen molar-refractivity contribution in [2.75, 3.05) is 0 Å². The average molecular weight is 267 g/mol. The van der Waals surface area contributed by atoms with Crippen molar-refractivity contribution in [1.82, 2.24) is 15.1 Å². The monoisotopic (exact) mass is 266 g/mol. The second kappa shape index (κ2) is 5.04. The topological polar surface area (TPSA) is 77.8 Å². The summed E-state index contributed by atoms with van der Waals surface area (Å²) >= 11 is 5.77. The largest absolute Gasteiger partial charge is 0.332 e. The van der Waals surface area contributed by atoms with Crippen molar-refractivity contribution < 1.29 is 4.52 Å². The highest BCUT2D eigenvalue weighted by Crippen LogP contribution is 2.25. The van der Waals surface area contributed by atoms with E-state index in [1.165, 1.54) is 6.20 Å². The van der Waals surface area contributed by atoms with Crippen LogP contribution in [0.3, 0.4) is 0 Å². The van der Waals surface area contributed by atoms with E-state index in [0.29, 0.717) is 22.4 Å². The molecule has 2 heterocycles. The molecule has 18 heavy (non-hydrogen) atoms. The van der Waals surface area contributed by atoms with Crippen molar-refractivity contribution in [2.45, 2.75) is 32.2 Å². The van der Waals surface area contributed by atoms with Gasteiger partial charge in [-0.1, -0.05) is 30.6 Å². The zero-order chi connectivity index (χ0) is 13.2. The molecule has 0 saturated heterocycles. The standard InChI is InChI=1S/C12H15ClN4O/c1-3-12(14,4-2)11-16-10(18-17-11)9-6-5-8(13)7-15-9/h5-7H,3-4,14H2,1-2H3. The van der Waals surface area contributed by atoms with E-state index in [1.54, 1.807) is 12.1 Å². The fraction of sp³-hybridized carbons (Fsp3) is 0.417. The third kappa shape index (κ3) is 2.37. The van der Waals surface area contributed by atoms with Crippen LogP contribution in [0.2, 0.25) is 5.02 Å². The smallest absolute Gasteiger partial charge is 0.276 e. The van der Waals surface area contributed by atoms with Crippen LogP contribution >= 0.6 is 11.6 Å². The van der Waals surface area contributed by atoms with E-state index in [1.807, 2.05) is 13.8 Å². The first kappa shape index (κ1) is 13.0. The Morgan fingerprint density at radius 2 is 2.06 bits per heavy atom. The maximum Gasteiger partial charge on any atom is 0.276 e. The number of nitrogens with zero attached hydrogens (tertiary/aromatic N) is 3. The minimum atomic E-state index is -0.547. The normalized spacial score (nSPS) is 11.8. The van der Waals surface area contributed by atoms with Gasteiger partial charge in [-0.2, -0.15) is 4.98 Å². The van der Waals surface area contributed by atoms with Crippen LogP contribution in [0.25, 0.3) is 11.6 Å². The molecule has 6 heteroatoms. The molecule has 5 nitrogen and oxygen atoms in total. The molecule has 2 aromatic heterocycles. The molecule has 0 fully saturated rings. The van der Waals surface area contributed by atoms with Crippen LogP contribution < -0.4 is 5.73 Å². The average Bonchev–Trinajstić information content (AvgIpc) is 2.89. The number of pyridine rings is 1. The first-order valence-electron chi connectivity index (χ1n) is 5.84. The van der Waals surface area contributed by atoms with Crippen molar-refractivity contribution in [3.63, 3.8) is 0 Å². The van der Waals surface area contributed by atoms with Crippen molar-refractivity contribution in [3.8, 4) is 11.6 Å². The van der Waals surface area contributed by atoms with Crippen LogP contribution in [0.15, 0.2) is 22.9 Å². The molecular formula is C12H15ClN4O. The van der Waals surface area contributed by atoms with Crippen LogP contribution in [0, 0.1) is 0 Å². The molecule has 0 radical (unpaired) electrons. The van der Waals surface area contributed by atoms with Gasteiger partial charge in [-0.15, -0.1) is 0 Å². The van der Waals surface area contributed by atoms with Gasteiger partial charge in [-0.3, -0.25) is 0 Å². The molecule has 0 saturated carbocycles. The second-order valence-electron chi connectivity index (χ2n) is 4.15. The fourth-order valence-electron chi connectivity index (χ4n) is 1.60. The minimum absolute atomic E-state index is 0.360. The third-order valence-electron chi connectivity index (χ3n) is 3.08. The Hall–Kier alpha value is -1.46. The van der Waals surface area contributed by atoms with Crippen molar-refractivity contribution >= 4 is 11.6 Å². The Bertz CT molecular complexity index is 519. The lowest BCUT2D eigenvalue weighted by Crippen LogP contribution is -2.36. The molecule has 0 amide bonds. The Morgan fingerprint density at radius 1 is 1.33 bits per heavy atom. The molecule has 2 aromatic rings. The van der Waals surface area contributed by atoms with Gasteiger partial charge in [0.05, 0.1) is 10.6 Å². The summed E-state index contributed by atoms with van der Waals surface area (Å²) in [5.41, 5.74) is 6.25. The lowest BCUT2D eigenvalue weighted by Gasteiger charge is -2.21. The van der Waals surface area contributed by atoms with E-state index in [0.717, 1.165) is 12.8 Å². The predicted molar refractivity (Wildman–Crippen MR) is 69.0 cm³/mol. The zero-order valence-electron chi connectivity index (χ0n) is 10.4. The number of hydrogen-bond donors (Lipinski definition) is 1. The molecule has 0 unspecified atom stereocenters. The molecule has 0 aliphatic heterocycles. The highest BCUT2D eigenvalue weighted by atomic mass is 35.5.